The van der Waals surface area contributed by atoms with E-state index in [0.29, 0.717) is 6.54 Å². The van der Waals surface area contributed by atoms with E-state index in [9.17, 15) is 4.79 Å². The number of ether oxygens (including phenoxy) is 1. The second-order valence-corrected chi connectivity index (χ2v) is 8.57. The largest absolute Gasteiger partial charge is 0.459 e. The smallest absolute Gasteiger partial charge is 0.320 e. The maximum atomic E-state index is 12.1. The molecule has 152 valence electrons. The summed E-state index contributed by atoms with van der Waals surface area (Å²) in [5.41, 5.74) is 2.55. The third-order valence-corrected chi connectivity index (χ3v) is 4.75. The third kappa shape index (κ3) is 8.19. The Balaban J connectivity index is 2.19. The van der Waals surface area contributed by atoms with Gasteiger partial charge in [-0.2, -0.15) is 0 Å². The number of thioether (sulfide) groups is 1. The Hall–Kier alpha value is -2.48. The van der Waals surface area contributed by atoms with Crippen LogP contribution in [0.4, 0.5) is 0 Å². The van der Waals surface area contributed by atoms with E-state index in [0.717, 1.165) is 21.6 Å². The average molecular weight is 408 g/mol. The van der Waals surface area contributed by atoms with Gasteiger partial charge in [-0.05, 0) is 51.8 Å². The molecule has 0 atom stereocenters. The van der Waals surface area contributed by atoms with Crippen molar-refractivity contribution in [3.05, 3.63) is 71.8 Å². The number of esters is 1. The Bertz CT molecular complexity index is 902. The molecule has 0 aromatic heterocycles. The molecule has 0 radical (unpaired) electrons. The van der Waals surface area contributed by atoms with Gasteiger partial charge < -0.3 is 4.74 Å². The Morgan fingerprint density at radius 3 is 2.41 bits per heavy atom. The SMILES string of the molecule is CSc1ccccc1C#CC(=CCN(C)CC(=O)OC(C)(C)C)c1ccccc1. The zero-order valence-corrected chi connectivity index (χ0v) is 18.7. The maximum absolute atomic E-state index is 12.1. The van der Waals surface area contributed by atoms with Gasteiger partial charge in [0.15, 0.2) is 0 Å². The van der Waals surface area contributed by atoms with E-state index in [1.54, 1.807) is 11.8 Å². The molecule has 2 aromatic rings. The topological polar surface area (TPSA) is 29.5 Å². The van der Waals surface area contributed by atoms with E-state index in [1.165, 1.54) is 0 Å². The highest BCUT2D eigenvalue weighted by molar-refractivity contribution is 7.98. The Morgan fingerprint density at radius 1 is 1.10 bits per heavy atom. The summed E-state index contributed by atoms with van der Waals surface area (Å²) in [6.45, 7) is 6.46. The van der Waals surface area contributed by atoms with Crippen LogP contribution in [0.1, 0.15) is 31.9 Å². The van der Waals surface area contributed by atoms with Crippen LogP contribution in [0.15, 0.2) is 65.6 Å². The van der Waals surface area contributed by atoms with Gasteiger partial charge in [0, 0.05) is 22.6 Å². The molecule has 0 spiro atoms. The van der Waals surface area contributed by atoms with Crippen molar-refractivity contribution in [1.29, 1.82) is 0 Å². The summed E-state index contributed by atoms with van der Waals surface area (Å²) in [6.07, 6.45) is 4.12. The Morgan fingerprint density at radius 2 is 1.76 bits per heavy atom. The van der Waals surface area contributed by atoms with Crippen LogP contribution in [0.25, 0.3) is 5.57 Å². The van der Waals surface area contributed by atoms with Crippen LogP contribution in [0.3, 0.4) is 0 Å². The summed E-state index contributed by atoms with van der Waals surface area (Å²) in [4.78, 5) is 15.1. The van der Waals surface area contributed by atoms with Gasteiger partial charge in [0.05, 0.1) is 6.54 Å². The molecule has 4 heteroatoms. The molecule has 3 nitrogen and oxygen atoms in total. The van der Waals surface area contributed by atoms with Crippen LogP contribution in [-0.2, 0) is 9.53 Å². The summed E-state index contributed by atoms with van der Waals surface area (Å²) < 4.78 is 5.40. The van der Waals surface area contributed by atoms with Crippen molar-refractivity contribution < 1.29 is 9.53 Å². The highest BCUT2D eigenvalue weighted by Crippen LogP contribution is 2.20. The lowest BCUT2D eigenvalue weighted by Crippen LogP contribution is -2.32. The highest BCUT2D eigenvalue weighted by atomic mass is 32.2. The highest BCUT2D eigenvalue weighted by Gasteiger charge is 2.17. The Kier molecular flexibility index (Phi) is 8.57. The van der Waals surface area contributed by atoms with Crippen LogP contribution in [0, 0.1) is 11.8 Å². The molecule has 29 heavy (non-hydrogen) atoms. The minimum atomic E-state index is -0.473. The summed E-state index contributed by atoms with van der Waals surface area (Å²) in [6, 6.07) is 18.2. The number of hydrogen-bond donors (Lipinski definition) is 0. The minimum absolute atomic E-state index is 0.227. The van der Waals surface area contributed by atoms with Crippen LogP contribution >= 0.6 is 11.8 Å². The fraction of sp³-hybridized carbons (Fsp3) is 0.320. The molecule has 0 saturated heterocycles. The molecule has 0 saturated carbocycles. The Labute approximate surface area is 179 Å². The summed E-state index contributed by atoms with van der Waals surface area (Å²) >= 11 is 1.69. The van der Waals surface area contributed by atoms with Gasteiger partial charge >= 0.3 is 5.97 Å². The monoisotopic (exact) mass is 407 g/mol. The van der Waals surface area contributed by atoms with Gasteiger partial charge in [-0.15, -0.1) is 11.8 Å². The van der Waals surface area contributed by atoms with Gasteiger partial charge in [0.25, 0.3) is 0 Å². The molecule has 0 N–H and O–H groups in total. The van der Waals surface area contributed by atoms with Gasteiger partial charge in [-0.25, -0.2) is 0 Å². The molecule has 0 unspecified atom stereocenters. The van der Waals surface area contributed by atoms with Gasteiger partial charge in [-0.3, -0.25) is 9.69 Å². The molecule has 0 bridgehead atoms. The quantitative estimate of drug-likeness (QED) is 0.378. The van der Waals surface area contributed by atoms with Gasteiger partial charge in [-0.1, -0.05) is 60.4 Å². The molecule has 0 fully saturated rings. The van der Waals surface area contributed by atoms with Crippen LogP contribution in [0.5, 0.6) is 0 Å². The molecule has 0 aliphatic rings. The molecular formula is C25H29NO2S. The normalized spacial score (nSPS) is 11.7. The van der Waals surface area contributed by atoms with Crippen molar-refractivity contribution in [3.63, 3.8) is 0 Å². The summed E-state index contributed by atoms with van der Waals surface area (Å²) in [5.74, 6) is 6.41. The third-order valence-electron chi connectivity index (χ3n) is 3.95. The number of nitrogens with zero attached hydrogens (tertiary/aromatic N) is 1. The van der Waals surface area contributed by atoms with Crippen LogP contribution in [0.2, 0.25) is 0 Å². The number of hydrogen-bond acceptors (Lipinski definition) is 4. The number of benzene rings is 2. The van der Waals surface area contributed by atoms with E-state index in [4.69, 9.17) is 4.74 Å². The van der Waals surface area contributed by atoms with Crippen molar-refractivity contribution in [2.24, 2.45) is 0 Å². The first-order chi connectivity index (χ1) is 13.8. The predicted molar refractivity (Wildman–Crippen MR) is 123 cm³/mol. The van der Waals surface area contributed by atoms with Gasteiger partial charge in [0.1, 0.15) is 5.60 Å². The van der Waals surface area contributed by atoms with Crippen molar-refractivity contribution >= 4 is 23.3 Å². The van der Waals surface area contributed by atoms with Crippen LogP contribution < -0.4 is 0 Å². The minimum Gasteiger partial charge on any atom is -0.459 e. The maximum Gasteiger partial charge on any atom is 0.320 e. The molecule has 0 amide bonds. The first-order valence-corrected chi connectivity index (χ1v) is 10.8. The molecule has 0 heterocycles. The predicted octanol–water partition coefficient (Wildman–Crippen LogP) is 5.12. The number of carbonyl (C=O) groups excluding carboxylic acids is 1. The van der Waals surface area contributed by atoms with Crippen molar-refractivity contribution in [1.82, 2.24) is 4.90 Å². The van der Waals surface area contributed by atoms with Crippen molar-refractivity contribution in [2.75, 3.05) is 26.4 Å². The zero-order valence-electron chi connectivity index (χ0n) is 17.9. The number of likely N-dealkylation sites (N-methyl/N-ethyl adjacent to an activating group) is 1. The molecule has 0 aliphatic heterocycles. The van der Waals surface area contributed by atoms with E-state index in [-0.39, 0.29) is 12.5 Å². The fourth-order valence-electron chi connectivity index (χ4n) is 2.65. The summed E-state index contributed by atoms with van der Waals surface area (Å²) in [5, 5.41) is 0. The van der Waals surface area contributed by atoms with Crippen LogP contribution in [-0.4, -0.2) is 42.9 Å². The summed E-state index contributed by atoms with van der Waals surface area (Å²) in [7, 11) is 1.90. The van der Waals surface area contributed by atoms with Crippen molar-refractivity contribution in [2.45, 2.75) is 31.3 Å². The lowest BCUT2D eigenvalue weighted by Gasteiger charge is -2.22. The first kappa shape index (κ1) is 22.8. The van der Waals surface area contributed by atoms with E-state index >= 15 is 0 Å². The standard InChI is InChI=1S/C25H29NO2S/c1-25(2,3)28-24(27)19-26(4)18-17-21(20-11-7-6-8-12-20)15-16-22-13-9-10-14-23(22)29-5/h6-14,17H,18-19H2,1-5H3. The number of allylic oxidation sites excluding steroid dienone is 1. The van der Waals surface area contributed by atoms with Gasteiger partial charge in [0.2, 0.25) is 0 Å². The lowest BCUT2D eigenvalue weighted by molar-refractivity contribution is -0.155. The molecule has 0 aliphatic carbocycles. The molecule has 2 rings (SSSR count). The zero-order chi connectivity index (χ0) is 21.3. The van der Waals surface area contributed by atoms with E-state index < -0.39 is 5.60 Å². The fourth-order valence-corrected chi connectivity index (χ4v) is 3.20. The average Bonchev–Trinajstić information content (AvgIpc) is 2.67. The second-order valence-electron chi connectivity index (χ2n) is 7.72. The molecular weight excluding hydrogens is 378 g/mol. The lowest BCUT2D eigenvalue weighted by atomic mass is 10.1. The first-order valence-electron chi connectivity index (χ1n) is 9.59. The van der Waals surface area contributed by atoms with Crippen molar-refractivity contribution in [3.8, 4) is 11.8 Å². The van der Waals surface area contributed by atoms with E-state index in [1.807, 2.05) is 69.1 Å². The second kappa shape index (κ2) is 10.9. The number of carbonyl (C=O) groups is 1. The molecule has 2 aromatic carbocycles. The van der Waals surface area contributed by atoms with E-state index in [2.05, 4.69) is 42.4 Å². The number of rotatable bonds is 6.